The number of aliphatic hydroxyl groups excluding tert-OH is 2. The Bertz CT molecular complexity index is 511. The van der Waals surface area contributed by atoms with Gasteiger partial charge in [0.25, 0.3) is 0 Å². The standard InChI is InChI=1S/C22H36O5/c1-3-4-9-16(2)14-17(23)12-13-19-18(20(24)15-21(19)25)10-7-5-6-8-11-22(26)27/h8,11-13,16-19,21,23,25H,3-7,9-10,14-15H2,1-2H3,(H,26,27)/b11-8+,13-12?/t16-,17+,18-,19+,21+/m0/s1. The third-order valence-electron chi connectivity index (χ3n) is 5.38. The molecule has 1 fully saturated rings. The second-order valence-electron chi connectivity index (χ2n) is 7.88. The topological polar surface area (TPSA) is 94.8 Å². The SMILES string of the molecule is CCCC[C@H](C)C[C@H](O)C=C[C@H]1[C@H](O)CC(=O)[C@H]1CCCC/C=C/C(=O)O. The Morgan fingerprint density at radius 1 is 1.30 bits per heavy atom. The van der Waals surface area contributed by atoms with Crippen LogP contribution in [0.5, 0.6) is 0 Å². The van der Waals surface area contributed by atoms with Crippen LogP contribution in [-0.2, 0) is 9.59 Å². The van der Waals surface area contributed by atoms with Gasteiger partial charge in [0.1, 0.15) is 5.78 Å². The van der Waals surface area contributed by atoms with Gasteiger partial charge in [-0.2, -0.15) is 0 Å². The van der Waals surface area contributed by atoms with Gasteiger partial charge in [0.15, 0.2) is 0 Å². The smallest absolute Gasteiger partial charge is 0.327 e. The van der Waals surface area contributed by atoms with E-state index in [1.165, 1.54) is 0 Å². The zero-order valence-corrected chi connectivity index (χ0v) is 16.7. The normalized spacial score (nSPS) is 25.5. The fraction of sp³-hybridized carbons (Fsp3) is 0.727. The number of Topliss-reactive ketones (excluding diaryl/α,β-unsaturated/α-hetero) is 1. The molecule has 1 aliphatic rings. The van der Waals surface area contributed by atoms with E-state index >= 15 is 0 Å². The molecule has 3 N–H and O–H groups in total. The average Bonchev–Trinajstić information content (AvgIpc) is 2.87. The molecule has 1 saturated carbocycles. The predicted octanol–water partition coefficient (Wildman–Crippen LogP) is 3.89. The number of unbranched alkanes of at least 4 members (excludes halogenated alkanes) is 3. The molecule has 0 radical (unpaired) electrons. The lowest BCUT2D eigenvalue weighted by atomic mass is 9.88. The van der Waals surface area contributed by atoms with Gasteiger partial charge in [-0.1, -0.05) is 57.8 Å². The number of ketones is 1. The number of carboxylic acids is 1. The van der Waals surface area contributed by atoms with Crippen LogP contribution in [0, 0.1) is 17.8 Å². The van der Waals surface area contributed by atoms with Crippen molar-refractivity contribution in [1.29, 1.82) is 0 Å². The van der Waals surface area contributed by atoms with Gasteiger partial charge in [-0.25, -0.2) is 4.79 Å². The summed E-state index contributed by atoms with van der Waals surface area (Å²) in [7, 11) is 0. The minimum atomic E-state index is -0.947. The number of allylic oxidation sites excluding steroid dienone is 1. The molecule has 0 aliphatic heterocycles. The summed E-state index contributed by atoms with van der Waals surface area (Å²) in [4.78, 5) is 22.6. The van der Waals surface area contributed by atoms with Gasteiger partial charge in [-0.15, -0.1) is 0 Å². The third-order valence-corrected chi connectivity index (χ3v) is 5.38. The minimum absolute atomic E-state index is 0.0871. The Morgan fingerprint density at radius 3 is 2.70 bits per heavy atom. The number of carbonyl (C=O) groups is 2. The molecule has 0 aromatic carbocycles. The molecule has 154 valence electrons. The summed E-state index contributed by atoms with van der Waals surface area (Å²) in [5.74, 6) is -0.840. The number of hydrogen-bond acceptors (Lipinski definition) is 4. The first-order chi connectivity index (χ1) is 12.8. The molecule has 0 spiro atoms. The van der Waals surface area contributed by atoms with E-state index in [9.17, 15) is 19.8 Å². The molecule has 1 aliphatic carbocycles. The number of aliphatic carboxylic acids is 1. The minimum Gasteiger partial charge on any atom is -0.478 e. The number of carboxylic acid groups (broad SMARTS) is 1. The van der Waals surface area contributed by atoms with Crippen LogP contribution < -0.4 is 0 Å². The molecule has 1 rings (SSSR count). The van der Waals surface area contributed by atoms with E-state index in [0.717, 1.165) is 38.2 Å². The van der Waals surface area contributed by atoms with E-state index in [4.69, 9.17) is 5.11 Å². The van der Waals surface area contributed by atoms with E-state index in [1.54, 1.807) is 12.2 Å². The zero-order valence-electron chi connectivity index (χ0n) is 16.7. The molecular formula is C22H36O5. The van der Waals surface area contributed by atoms with Crippen molar-refractivity contribution in [2.24, 2.45) is 17.8 Å². The molecule has 0 amide bonds. The van der Waals surface area contributed by atoms with Crippen LogP contribution in [0.15, 0.2) is 24.3 Å². The number of aliphatic hydroxyl groups is 2. The highest BCUT2D eigenvalue weighted by Crippen LogP contribution is 2.34. The Balaban J connectivity index is 2.47. The first-order valence-corrected chi connectivity index (χ1v) is 10.3. The van der Waals surface area contributed by atoms with E-state index in [1.807, 2.05) is 6.08 Å². The highest BCUT2D eigenvalue weighted by atomic mass is 16.4. The maximum absolute atomic E-state index is 12.2. The first kappa shape index (κ1) is 23.6. The number of carbonyl (C=O) groups excluding carboxylic acids is 1. The van der Waals surface area contributed by atoms with Crippen LogP contribution in [0.4, 0.5) is 0 Å². The Hall–Kier alpha value is -1.46. The lowest BCUT2D eigenvalue weighted by molar-refractivity contribution is -0.131. The summed E-state index contributed by atoms with van der Waals surface area (Å²) in [6, 6.07) is 0. The molecule has 0 aromatic rings. The van der Waals surface area contributed by atoms with Gasteiger partial charge in [-0.3, -0.25) is 4.79 Å². The third kappa shape index (κ3) is 9.34. The predicted molar refractivity (Wildman–Crippen MR) is 106 cm³/mol. The summed E-state index contributed by atoms with van der Waals surface area (Å²) in [5.41, 5.74) is 0. The summed E-state index contributed by atoms with van der Waals surface area (Å²) in [6.45, 7) is 4.30. The Labute approximate surface area is 163 Å². The summed E-state index contributed by atoms with van der Waals surface area (Å²) in [5, 5.41) is 29.0. The molecule has 5 atom stereocenters. The molecular weight excluding hydrogens is 344 g/mol. The van der Waals surface area contributed by atoms with Crippen molar-refractivity contribution in [2.45, 2.75) is 83.8 Å². The van der Waals surface area contributed by atoms with Crippen molar-refractivity contribution in [1.82, 2.24) is 0 Å². The van der Waals surface area contributed by atoms with Crippen molar-refractivity contribution < 1.29 is 24.9 Å². The van der Waals surface area contributed by atoms with E-state index in [2.05, 4.69) is 13.8 Å². The van der Waals surface area contributed by atoms with E-state index in [0.29, 0.717) is 25.2 Å². The lowest BCUT2D eigenvalue weighted by Gasteiger charge is -2.18. The molecule has 0 aromatic heterocycles. The van der Waals surface area contributed by atoms with E-state index < -0.39 is 18.2 Å². The van der Waals surface area contributed by atoms with Gasteiger partial charge in [-0.05, 0) is 31.6 Å². The van der Waals surface area contributed by atoms with Crippen LogP contribution in [0.3, 0.4) is 0 Å². The molecule has 0 bridgehead atoms. The van der Waals surface area contributed by atoms with Crippen molar-refractivity contribution in [3.8, 4) is 0 Å². The van der Waals surface area contributed by atoms with Gasteiger partial charge in [0.2, 0.25) is 0 Å². The van der Waals surface area contributed by atoms with Crippen molar-refractivity contribution >= 4 is 11.8 Å². The monoisotopic (exact) mass is 380 g/mol. The number of hydrogen-bond donors (Lipinski definition) is 3. The van der Waals surface area contributed by atoms with Gasteiger partial charge in [0.05, 0.1) is 12.2 Å². The molecule has 0 heterocycles. The van der Waals surface area contributed by atoms with E-state index in [-0.39, 0.29) is 24.0 Å². The summed E-state index contributed by atoms with van der Waals surface area (Å²) >= 11 is 0. The Kier molecular flexibility index (Phi) is 11.2. The van der Waals surface area contributed by atoms with Crippen LogP contribution in [0.2, 0.25) is 0 Å². The van der Waals surface area contributed by atoms with Crippen LogP contribution in [0.25, 0.3) is 0 Å². The molecule has 5 nitrogen and oxygen atoms in total. The van der Waals surface area contributed by atoms with Gasteiger partial charge < -0.3 is 15.3 Å². The van der Waals surface area contributed by atoms with Crippen LogP contribution >= 0.6 is 0 Å². The Morgan fingerprint density at radius 2 is 2.04 bits per heavy atom. The zero-order chi connectivity index (χ0) is 20.2. The number of rotatable bonds is 13. The summed E-state index contributed by atoms with van der Waals surface area (Å²) < 4.78 is 0. The molecule has 27 heavy (non-hydrogen) atoms. The lowest BCUT2D eigenvalue weighted by Crippen LogP contribution is -2.19. The fourth-order valence-electron chi connectivity index (χ4n) is 3.82. The van der Waals surface area contributed by atoms with Crippen molar-refractivity contribution in [2.75, 3.05) is 0 Å². The highest BCUT2D eigenvalue weighted by molar-refractivity contribution is 5.84. The average molecular weight is 381 g/mol. The van der Waals surface area contributed by atoms with Crippen molar-refractivity contribution in [3.63, 3.8) is 0 Å². The maximum Gasteiger partial charge on any atom is 0.327 e. The first-order valence-electron chi connectivity index (χ1n) is 10.3. The van der Waals surface area contributed by atoms with Gasteiger partial charge in [0, 0.05) is 24.3 Å². The second kappa shape index (κ2) is 12.8. The van der Waals surface area contributed by atoms with Crippen LogP contribution in [0.1, 0.15) is 71.6 Å². The molecule has 0 saturated heterocycles. The highest BCUT2D eigenvalue weighted by Gasteiger charge is 2.39. The van der Waals surface area contributed by atoms with Crippen molar-refractivity contribution in [3.05, 3.63) is 24.3 Å². The molecule has 5 heteroatoms. The molecule has 0 unspecified atom stereocenters. The van der Waals surface area contributed by atoms with Gasteiger partial charge >= 0.3 is 5.97 Å². The summed E-state index contributed by atoms with van der Waals surface area (Å²) in [6.07, 6.45) is 12.4. The maximum atomic E-state index is 12.2. The second-order valence-corrected chi connectivity index (χ2v) is 7.88. The quantitative estimate of drug-likeness (QED) is 0.256. The fourth-order valence-corrected chi connectivity index (χ4v) is 3.82. The largest absolute Gasteiger partial charge is 0.478 e. The van der Waals surface area contributed by atoms with Crippen LogP contribution in [-0.4, -0.2) is 39.3 Å².